The highest BCUT2D eigenvalue weighted by atomic mass is 35.5. The lowest BCUT2D eigenvalue weighted by molar-refractivity contribution is -0.385. The van der Waals surface area contributed by atoms with Crippen LogP contribution in [0.1, 0.15) is 18.5 Å². The van der Waals surface area contributed by atoms with E-state index in [0.717, 1.165) is 5.69 Å². The fourth-order valence-electron chi connectivity index (χ4n) is 4.60. The van der Waals surface area contributed by atoms with E-state index in [9.17, 15) is 14.9 Å². The molecular weight excluding hydrogens is 476 g/mol. The van der Waals surface area contributed by atoms with Crippen LogP contribution in [0.3, 0.4) is 0 Å². The summed E-state index contributed by atoms with van der Waals surface area (Å²) >= 11 is 11.7. The SMILES string of the molecule is C[C@@]12Oc3ccc([N+](=O)[O-])cc3[C@H](NC(=S)N1c1ccccc1)[C@@H]2C(=O)Nc1ccc(Cl)cc1. The molecule has 0 unspecified atom stereocenters. The zero-order valence-electron chi connectivity index (χ0n) is 17.9. The molecule has 1 amide bonds. The highest BCUT2D eigenvalue weighted by Crippen LogP contribution is 2.50. The number of ether oxygens (including phenoxy) is 1. The Morgan fingerprint density at radius 1 is 1.18 bits per heavy atom. The van der Waals surface area contributed by atoms with Crippen LogP contribution in [0.2, 0.25) is 5.02 Å². The fraction of sp³-hybridized carbons (Fsp3) is 0.167. The first-order valence-electron chi connectivity index (χ1n) is 10.5. The number of hydrogen-bond acceptors (Lipinski definition) is 5. The molecule has 1 fully saturated rings. The number of amides is 1. The van der Waals surface area contributed by atoms with Crippen molar-refractivity contribution in [2.45, 2.75) is 18.7 Å². The van der Waals surface area contributed by atoms with E-state index in [2.05, 4.69) is 10.6 Å². The topological polar surface area (TPSA) is 96.7 Å². The first-order chi connectivity index (χ1) is 16.3. The van der Waals surface area contributed by atoms with Crippen molar-refractivity contribution < 1.29 is 14.5 Å². The second-order valence-electron chi connectivity index (χ2n) is 8.21. The van der Waals surface area contributed by atoms with E-state index in [0.29, 0.717) is 27.1 Å². The lowest BCUT2D eigenvalue weighted by atomic mass is 9.78. The summed E-state index contributed by atoms with van der Waals surface area (Å²) in [6, 6.07) is 19.9. The minimum absolute atomic E-state index is 0.0963. The molecule has 0 spiro atoms. The van der Waals surface area contributed by atoms with Gasteiger partial charge in [-0.15, -0.1) is 0 Å². The summed E-state index contributed by atoms with van der Waals surface area (Å²) in [4.78, 5) is 26.4. The molecule has 3 atom stereocenters. The molecule has 0 aromatic heterocycles. The van der Waals surface area contributed by atoms with Crippen molar-refractivity contribution in [3.8, 4) is 5.75 Å². The molecule has 2 aliphatic rings. The minimum Gasteiger partial charge on any atom is -0.467 e. The number of nitrogens with zero attached hydrogens (tertiary/aromatic N) is 2. The van der Waals surface area contributed by atoms with Gasteiger partial charge in [0.25, 0.3) is 5.69 Å². The normalized spacial score (nSPS) is 22.8. The molecule has 2 heterocycles. The van der Waals surface area contributed by atoms with Crippen molar-refractivity contribution >= 4 is 51.9 Å². The zero-order chi connectivity index (χ0) is 24.0. The smallest absolute Gasteiger partial charge is 0.270 e. The maximum atomic E-state index is 13.7. The van der Waals surface area contributed by atoms with Crippen LogP contribution in [0.4, 0.5) is 17.1 Å². The van der Waals surface area contributed by atoms with Gasteiger partial charge in [-0.05, 0) is 61.6 Å². The predicted molar refractivity (Wildman–Crippen MR) is 133 cm³/mol. The standard InChI is InChI=1S/C24H19ClN4O4S/c1-24-20(22(30)26-15-9-7-14(25)8-10-15)21(18-13-17(29(31)32)11-12-19(18)33-24)27-23(34)28(24)16-5-3-2-4-6-16/h2-13,20-21H,1H3,(H,26,30)(H,27,34)/t20-,21+,24+/m1/s1. The lowest BCUT2D eigenvalue weighted by Crippen LogP contribution is -2.72. The Labute approximate surface area is 205 Å². The number of nitro groups is 1. The molecule has 3 aromatic rings. The number of rotatable bonds is 4. The van der Waals surface area contributed by atoms with Crippen LogP contribution in [-0.4, -0.2) is 21.7 Å². The summed E-state index contributed by atoms with van der Waals surface area (Å²) in [5, 5.41) is 18.5. The molecule has 8 nitrogen and oxygen atoms in total. The highest BCUT2D eigenvalue weighted by Gasteiger charge is 2.59. The van der Waals surface area contributed by atoms with Crippen LogP contribution in [0, 0.1) is 16.0 Å². The number of para-hydroxylation sites is 1. The zero-order valence-corrected chi connectivity index (χ0v) is 19.5. The van der Waals surface area contributed by atoms with Crippen LogP contribution in [0.5, 0.6) is 5.75 Å². The van der Waals surface area contributed by atoms with Gasteiger partial charge in [-0.3, -0.25) is 19.8 Å². The Balaban J connectivity index is 1.63. The predicted octanol–water partition coefficient (Wildman–Crippen LogP) is 5.05. The number of thiocarbonyl (C=S) groups is 1. The average molecular weight is 495 g/mol. The van der Waals surface area contributed by atoms with E-state index in [1.807, 2.05) is 30.3 Å². The molecule has 2 aliphatic heterocycles. The molecule has 0 radical (unpaired) electrons. The highest BCUT2D eigenvalue weighted by molar-refractivity contribution is 7.80. The average Bonchev–Trinajstić information content (AvgIpc) is 2.80. The molecule has 34 heavy (non-hydrogen) atoms. The molecule has 10 heteroatoms. The van der Waals surface area contributed by atoms with Crippen LogP contribution in [0.15, 0.2) is 72.8 Å². The Morgan fingerprint density at radius 3 is 2.56 bits per heavy atom. The van der Waals surface area contributed by atoms with Gasteiger partial charge in [0, 0.05) is 34.1 Å². The quantitative estimate of drug-likeness (QED) is 0.297. The summed E-state index contributed by atoms with van der Waals surface area (Å²) in [6.45, 7) is 1.80. The Hall–Kier alpha value is -3.69. The van der Waals surface area contributed by atoms with Gasteiger partial charge in [-0.1, -0.05) is 29.8 Å². The third kappa shape index (κ3) is 3.63. The first-order valence-corrected chi connectivity index (χ1v) is 11.3. The van der Waals surface area contributed by atoms with Gasteiger partial charge in [0.2, 0.25) is 5.91 Å². The van der Waals surface area contributed by atoms with Crippen molar-refractivity contribution in [2.24, 2.45) is 5.92 Å². The molecule has 172 valence electrons. The van der Waals surface area contributed by atoms with E-state index in [4.69, 9.17) is 28.6 Å². The Kier molecular flexibility index (Phi) is 5.38. The molecule has 2 N–H and O–H groups in total. The second-order valence-corrected chi connectivity index (χ2v) is 9.03. The summed E-state index contributed by atoms with van der Waals surface area (Å²) < 4.78 is 6.45. The van der Waals surface area contributed by atoms with Crippen LogP contribution in [0.25, 0.3) is 0 Å². The van der Waals surface area contributed by atoms with E-state index in [1.54, 1.807) is 42.2 Å². The number of non-ortho nitro benzene ring substituents is 1. The number of fused-ring (bicyclic) bond motifs is 4. The van der Waals surface area contributed by atoms with E-state index in [-0.39, 0.29) is 11.6 Å². The van der Waals surface area contributed by atoms with Crippen LogP contribution >= 0.6 is 23.8 Å². The van der Waals surface area contributed by atoms with Gasteiger partial charge in [-0.25, -0.2) is 0 Å². The van der Waals surface area contributed by atoms with Gasteiger partial charge >= 0.3 is 0 Å². The van der Waals surface area contributed by atoms with Crippen molar-refractivity contribution in [1.29, 1.82) is 0 Å². The van der Waals surface area contributed by atoms with E-state index >= 15 is 0 Å². The maximum absolute atomic E-state index is 13.7. The Morgan fingerprint density at radius 2 is 1.88 bits per heavy atom. The molecule has 0 aliphatic carbocycles. The number of anilines is 2. The third-order valence-corrected chi connectivity index (χ3v) is 6.65. The number of benzene rings is 3. The maximum Gasteiger partial charge on any atom is 0.270 e. The summed E-state index contributed by atoms with van der Waals surface area (Å²) in [5.74, 6) is -0.697. The van der Waals surface area contributed by atoms with Crippen LogP contribution in [-0.2, 0) is 4.79 Å². The summed E-state index contributed by atoms with van der Waals surface area (Å²) in [6.07, 6.45) is 0. The molecule has 3 aromatic carbocycles. The minimum atomic E-state index is -1.21. The van der Waals surface area contributed by atoms with Gasteiger partial charge in [-0.2, -0.15) is 0 Å². The van der Waals surface area contributed by atoms with Crippen molar-refractivity contribution in [1.82, 2.24) is 5.32 Å². The van der Waals surface area contributed by atoms with Crippen LogP contribution < -0.4 is 20.3 Å². The summed E-state index contributed by atoms with van der Waals surface area (Å²) in [5.41, 5.74) is 0.498. The number of halogens is 1. The Bertz CT molecular complexity index is 1300. The first kappa shape index (κ1) is 22.1. The molecule has 5 rings (SSSR count). The number of carbonyl (C=O) groups is 1. The van der Waals surface area contributed by atoms with Gasteiger partial charge in [0.15, 0.2) is 10.8 Å². The van der Waals surface area contributed by atoms with E-state index in [1.165, 1.54) is 12.1 Å². The number of nitrogens with one attached hydrogen (secondary N) is 2. The van der Waals surface area contributed by atoms with Crippen molar-refractivity contribution in [3.63, 3.8) is 0 Å². The second kappa shape index (κ2) is 8.27. The van der Waals surface area contributed by atoms with Gasteiger partial charge in [0.1, 0.15) is 11.7 Å². The third-order valence-electron chi connectivity index (χ3n) is 6.10. The number of carbonyl (C=O) groups excluding carboxylic acids is 1. The van der Waals surface area contributed by atoms with Crippen molar-refractivity contribution in [2.75, 3.05) is 10.2 Å². The monoisotopic (exact) mass is 494 g/mol. The van der Waals surface area contributed by atoms with Crippen molar-refractivity contribution in [3.05, 3.63) is 93.5 Å². The summed E-state index contributed by atoms with van der Waals surface area (Å²) in [7, 11) is 0. The lowest BCUT2D eigenvalue weighted by Gasteiger charge is -2.55. The number of nitro benzene ring substituents is 1. The van der Waals surface area contributed by atoms with E-state index < -0.39 is 22.6 Å². The number of hydrogen-bond donors (Lipinski definition) is 2. The molecule has 2 bridgehead atoms. The molecule has 1 saturated heterocycles. The van der Waals surface area contributed by atoms with Gasteiger partial charge in [0.05, 0.1) is 11.0 Å². The molecule has 0 saturated carbocycles. The fourth-order valence-corrected chi connectivity index (χ4v) is 5.14. The van der Waals surface area contributed by atoms with Gasteiger partial charge < -0.3 is 15.4 Å². The molecular formula is C24H19ClN4O4S. The largest absolute Gasteiger partial charge is 0.467 e.